The standard InChI is InChI=1S/C71H96N14O11/c1-47(72-3)65(87)79-63-53(44-74-43-49-17-9-5-10-18-49)25-28-56-30-33-59(84(56)70(63)92)68(90)78-62(52-23-15-8-16-24-52)69(91)76-36-38-95-40-42-96-41-39-94-37-35-75-60(86)34-27-55-46-83(82-81-55)45-54-26-29-57-31-32-58(85(57)71(93)64(54)80-66(88)48(2)73-4)67(89)77-61(50-19-11-6-12-20-50)51-21-13-7-14-22-51/h5-24,46-48,53-54,56-59,61-64,72-74H,25-45H2,1-4H3,(H,75,86)(H,76,91)(H,77,89)(H,78,90)(H,79,87)(H,80,88)/t47-,48-,53+,54+,56-,57-,58-,59-,62-,63?,64-/m0/s1. The van der Waals surface area contributed by atoms with Crippen molar-refractivity contribution in [3.8, 4) is 0 Å². The van der Waals surface area contributed by atoms with E-state index in [1.54, 1.807) is 72.9 Å². The lowest BCUT2D eigenvalue weighted by Crippen LogP contribution is -2.59. The predicted octanol–water partition coefficient (Wildman–Crippen LogP) is 2.77. The minimum Gasteiger partial charge on any atom is -0.377 e. The van der Waals surface area contributed by atoms with Crippen molar-refractivity contribution in [2.75, 3.05) is 73.4 Å². The Morgan fingerprint density at radius 3 is 1.55 bits per heavy atom. The summed E-state index contributed by atoms with van der Waals surface area (Å²) < 4.78 is 18.7. The number of likely N-dealkylation sites (N-methyl/N-ethyl adjacent to an activating group) is 2. The second-order valence-electron chi connectivity index (χ2n) is 25.3. The SMILES string of the molecule is CN[C@@H](C)C(=O)NC1C(=O)N2[C@@H](CC[C@@H]1CNCc1ccccc1)CC[C@H]2C(=O)N[C@H](C(=O)NCCOCCOCCOCCNC(=O)CCc1cn(C[C@H]2CC[C@H]3CC[C@@H](C(=O)NC(c4ccccc4)c4ccccc4)N3C(=O)[C@H]2NC(=O)[C@H](C)NC)nn1)c1ccccc1. The van der Waals surface area contributed by atoms with E-state index in [2.05, 4.69) is 58.2 Å². The maximum absolute atomic E-state index is 14.8. The first-order chi connectivity index (χ1) is 46.7. The van der Waals surface area contributed by atoms with E-state index in [4.69, 9.17) is 14.2 Å². The van der Waals surface area contributed by atoms with Gasteiger partial charge in [0.1, 0.15) is 30.2 Å². The van der Waals surface area contributed by atoms with E-state index in [0.717, 1.165) is 16.7 Å². The Hall–Kier alpha value is -8.46. The smallest absolute Gasteiger partial charge is 0.247 e. The Morgan fingerprint density at radius 1 is 0.542 bits per heavy atom. The van der Waals surface area contributed by atoms with E-state index in [1.165, 1.54) is 0 Å². The van der Waals surface area contributed by atoms with Gasteiger partial charge in [0, 0.05) is 75.7 Å². The predicted molar refractivity (Wildman–Crippen MR) is 359 cm³/mol. The summed E-state index contributed by atoms with van der Waals surface area (Å²) in [4.78, 5) is 115. The first-order valence-corrected chi connectivity index (χ1v) is 34.0. The average Bonchev–Trinajstić information content (AvgIpc) is 1.63. The van der Waals surface area contributed by atoms with Crippen molar-refractivity contribution in [2.45, 2.75) is 152 Å². The molecule has 25 nitrogen and oxygen atoms in total. The Bertz CT molecular complexity index is 3280. The molecule has 0 spiro atoms. The van der Waals surface area contributed by atoms with Crippen LogP contribution in [0.1, 0.15) is 112 Å². The molecule has 96 heavy (non-hydrogen) atoms. The van der Waals surface area contributed by atoms with E-state index in [-0.39, 0.29) is 112 Å². The van der Waals surface area contributed by atoms with Gasteiger partial charge < -0.3 is 71.9 Å². The normalized spacial score (nSPS) is 21.8. The molecule has 0 bridgehead atoms. The number of nitrogens with one attached hydrogen (secondary N) is 9. The third-order valence-electron chi connectivity index (χ3n) is 18.9. The Kier molecular flexibility index (Phi) is 27.4. The molecular formula is C71H96N14O11. The van der Waals surface area contributed by atoms with Gasteiger partial charge in [-0.2, -0.15) is 0 Å². The van der Waals surface area contributed by atoms with Gasteiger partial charge in [0.15, 0.2) is 0 Å². The zero-order chi connectivity index (χ0) is 67.8. The van der Waals surface area contributed by atoms with Crippen molar-refractivity contribution >= 4 is 47.3 Å². The molecule has 11 atom stereocenters. The quantitative estimate of drug-likeness (QED) is 0.0264. The number of hydrogen-bond acceptors (Lipinski definition) is 16. The van der Waals surface area contributed by atoms with Crippen LogP contribution < -0.4 is 47.9 Å². The van der Waals surface area contributed by atoms with Crippen LogP contribution in [0.15, 0.2) is 128 Å². The van der Waals surface area contributed by atoms with Crippen LogP contribution in [-0.2, 0) is 72.1 Å². The Morgan fingerprint density at radius 2 is 1.01 bits per heavy atom. The zero-order valence-corrected chi connectivity index (χ0v) is 55.6. The number of nitrogens with zero attached hydrogens (tertiary/aromatic N) is 5. The van der Waals surface area contributed by atoms with Gasteiger partial charge in [-0.05, 0) is 102 Å². The second-order valence-corrected chi connectivity index (χ2v) is 25.3. The third kappa shape index (κ3) is 19.8. The van der Waals surface area contributed by atoms with Gasteiger partial charge in [0.05, 0.1) is 63.5 Å². The van der Waals surface area contributed by atoms with Gasteiger partial charge in [-0.25, -0.2) is 0 Å². The molecule has 1 aromatic heterocycles. The first kappa shape index (κ1) is 71.8. The van der Waals surface area contributed by atoms with Crippen molar-refractivity contribution in [2.24, 2.45) is 11.8 Å². The molecular weight excluding hydrogens is 1220 g/mol. The topological polar surface area (TPSA) is 310 Å². The zero-order valence-electron chi connectivity index (χ0n) is 55.6. The van der Waals surface area contributed by atoms with Gasteiger partial charge in [0.25, 0.3) is 0 Å². The highest BCUT2D eigenvalue weighted by Crippen LogP contribution is 2.37. The second kappa shape index (κ2) is 36.6. The molecule has 0 aliphatic carbocycles. The van der Waals surface area contributed by atoms with Crippen molar-refractivity contribution in [1.82, 2.24) is 72.6 Å². The minimum absolute atomic E-state index is 0.161. The minimum atomic E-state index is -1.05. The van der Waals surface area contributed by atoms with Crippen LogP contribution in [0.5, 0.6) is 0 Å². The fraction of sp³-hybridized carbons (Fsp3) is 0.521. The highest BCUT2D eigenvalue weighted by atomic mass is 16.5. The number of amides is 8. The van der Waals surface area contributed by atoms with E-state index in [0.29, 0.717) is 95.3 Å². The number of carbonyl (C=O) groups excluding carboxylic acids is 8. The molecule has 8 amide bonds. The van der Waals surface area contributed by atoms with E-state index >= 15 is 0 Å². The maximum Gasteiger partial charge on any atom is 0.247 e. The third-order valence-corrected chi connectivity index (χ3v) is 18.9. The van der Waals surface area contributed by atoms with Gasteiger partial charge in [-0.3, -0.25) is 43.0 Å². The first-order valence-electron chi connectivity index (χ1n) is 34.0. The van der Waals surface area contributed by atoms with Crippen molar-refractivity contribution < 1.29 is 52.6 Å². The Balaban J connectivity index is 0.657. The fourth-order valence-corrected chi connectivity index (χ4v) is 13.3. The molecule has 5 heterocycles. The average molecular weight is 1320 g/mol. The number of ether oxygens (including phenoxy) is 3. The van der Waals surface area contributed by atoms with Crippen LogP contribution in [0.2, 0.25) is 0 Å². The van der Waals surface area contributed by atoms with E-state index in [1.807, 2.05) is 97.1 Å². The number of carbonyl (C=O) groups is 8. The van der Waals surface area contributed by atoms with Gasteiger partial charge in [0.2, 0.25) is 47.3 Å². The molecule has 4 fully saturated rings. The number of aromatic nitrogens is 3. The molecule has 516 valence electrons. The fourth-order valence-electron chi connectivity index (χ4n) is 13.3. The number of hydrogen-bond donors (Lipinski definition) is 9. The molecule has 9 N–H and O–H groups in total. The summed E-state index contributed by atoms with van der Waals surface area (Å²) in [6.07, 6.45) is 7.04. The van der Waals surface area contributed by atoms with Gasteiger partial charge in [-0.15, -0.1) is 5.10 Å². The molecule has 0 radical (unpaired) electrons. The van der Waals surface area contributed by atoms with E-state index in [9.17, 15) is 38.4 Å². The lowest BCUT2D eigenvalue weighted by atomic mass is 9.92. The summed E-state index contributed by atoms with van der Waals surface area (Å²) in [6.45, 7) is 6.86. The highest BCUT2D eigenvalue weighted by Gasteiger charge is 2.50. The molecule has 0 saturated carbocycles. The van der Waals surface area contributed by atoms with Crippen LogP contribution in [0.4, 0.5) is 0 Å². The summed E-state index contributed by atoms with van der Waals surface area (Å²) in [5, 5.41) is 36.1. The lowest BCUT2D eigenvalue weighted by molar-refractivity contribution is -0.144. The molecule has 4 saturated heterocycles. The van der Waals surface area contributed by atoms with Crippen LogP contribution in [0.3, 0.4) is 0 Å². The van der Waals surface area contributed by atoms with Crippen LogP contribution in [0.25, 0.3) is 0 Å². The van der Waals surface area contributed by atoms with Crippen molar-refractivity contribution in [3.05, 3.63) is 155 Å². The molecule has 25 heteroatoms. The molecule has 4 aliphatic heterocycles. The molecule has 4 aliphatic rings. The largest absolute Gasteiger partial charge is 0.377 e. The van der Waals surface area contributed by atoms with Crippen molar-refractivity contribution in [3.63, 3.8) is 0 Å². The number of rotatable bonds is 35. The molecule has 5 aromatic rings. The summed E-state index contributed by atoms with van der Waals surface area (Å²) in [5.74, 6) is -3.11. The number of benzene rings is 4. The molecule has 9 rings (SSSR count). The van der Waals surface area contributed by atoms with Crippen LogP contribution in [-0.4, -0.2) is 194 Å². The van der Waals surface area contributed by atoms with Crippen molar-refractivity contribution in [1.29, 1.82) is 0 Å². The Labute approximate surface area is 562 Å². The van der Waals surface area contributed by atoms with Gasteiger partial charge in [-0.1, -0.05) is 127 Å². The lowest BCUT2D eigenvalue weighted by Gasteiger charge is -2.33. The summed E-state index contributed by atoms with van der Waals surface area (Å²) in [6, 6.07) is 32.1. The summed E-state index contributed by atoms with van der Waals surface area (Å²) in [7, 11) is 3.37. The monoisotopic (exact) mass is 1320 g/mol. The van der Waals surface area contributed by atoms with E-state index < -0.39 is 60.1 Å². The highest BCUT2D eigenvalue weighted by molar-refractivity contribution is 5.97. The van der Waals surface area contributed by atoms with Crippen LogP contribution in [0, 0.1) is 11.8 Å². The maximum atomic E-state index is 14.8. The molecule has 4 aromatic carbocycles. The number of fused-ring (bicyclic) bond motifs is 2. The summed E-state index contributed by atoms with van der Waals surface area (Å²) >= 11 is 0. The van der Waals surface area contributed by atoms with Gasteiger partial charge >= 0.3 is 0 Å². The summed E-state index contributed by atoms with van der Waals surface area (Å²) in [5.41, 5.74) is 4.13. The molecule has 1 unspecified atom stereocenters. The number of aryl methyl sites for hydroxylation is 1. The van der Waals surface area contributed by atoms with Crippen LogP contribution >= 0.6 is 0 Å².